The average Bonchev–Trinajstić information content (AvgIpc) is 2.19. The van der Waals surface area contributed by atoms with Gasteiger partial charge >= 0.3 is 5.97 Å². The van der Waals surface area contributed by atoms with Crippen LogP contribution < -0.4 is 0 Å². The van der Waals surface area contributed by atoms with E-state index in [0.717, 1.165) is 11.6 Å². The van der Waals surface area contributed by atoms with Gasteiger partial charge in [-0.3, -0.25) is 0 Å². The van der Waals surface area contributed by atoms with Gasteiger partial charge in [0.15, 0.2) is 4.11 Å². The third-order valence-corrected chi connectivity index (χ3v) is 2.42. The zero-order chi connectivity index (χ0) is 9.68. The molecular formula is C10H9IO2. The van der Waals surface area contributed by atoms with Gasteiger partial charge in [0.25, 0.3) is 0 Å². The fraction of sp³-hybridized carbons (Fsp3) is 0.100. The lowest BCUT2D eigenvalue weighted by Gasteiger charge is -2.09. The van der Waals surface area contributed by atoms with Gasteiger partial charge in [0, 0.05) is 11.6 Å². The van der Waals surface area contributed by atoms with Gasteiger partial charge in [-0.2, -0.15) is 0 Å². The first kappa shape index (κ1) is 10.2. The largest absolute Gasteiger partial charge is 0.444 e. The van der Waals surface area contributed by atoms with Crippen LogP contribution in [0.2, 0.25) is 0 Å². The maximum absolute atomic E-state index is 10.9. The number of halogens is 1. The molecule has 0 heterocycles. The first-order chi connectivity index (χ1) is 6.24. The summed E-state index contributed by atoms with van der Waals surface area (Å²) in [5.74, 6) is -0.400. The van der Waals surface area contributed by atoms with Gasteiger partial charge in [0.2, 0.25) is 0 Å². The summed E-state index contributed by atoms with van der Waals surface area (Å²) in [4.78, 5) is 10.9. The van der Waals surface area contributed by atoms with Crippen molar-refractivity contribution in [2.75, 3.05) is 0 Å². The van der Waals surface area contributed by atoms with Crippen molar-refractivity contribution in [2.45, 2.75) is 4.11 Å². The van der Waals surface area contributed by atoms with Crippen molar-refractivity contribution in [2.24, 2.45) is 0 Å². The molecule has 0 amide bonds. The van der Waals surface area contributed by atoms with E-state index >= 15 is 0 Å². The Bertz CT molecular complexity index is 295. The van der Waals surface area contributed by atoms with Crippen molar-refractivity contribution in [3.05, 3.63) is 48.6 Å². The minimum atomic E-state index is -0.400. The second-order valence-corrected chi connectivity index (χ2v) is 3.50. The molecule has 1 aromatic rings. The number of carbonyl (C=O) groups is 1. The molecule has 1 unspecified atom stereocenters. The Morgan fingerprint density at radius 2 is 2.08 bits per heavy atom. The van der Waals surface area contributed by atoms with E-state index < -0.39 is 5.97 Å². The Labute approximate surface area is 90.7 Å². The minimum absolute atomic E-state index is 0.246. The van der Waals surface area contributed by atoms with E-state index in [1.807, 2.05) is 30.3 Å². The second-order valence-electron chi connectivity index (χ2n) is 2.37. The molecule has 68 valence electrons. The zero-order valence-corrected chi connectivity index (χ0v) is 9.10. The summed E-state index contributed by atoms with van der Waals surface area (Å²) in [6.07, 6.45) is 1.16. The number of esters is 1. The van der Waals surface area contributed by atoms with Crippen LogP contribution in [0, 0.1) is 0 Å². The first-order valence-corrected chi connectivity index (χ1v) is 5.00. The van der Waals surface area contributed by atoms with Crippen LogP contribution in [0.4, 0.5) is 0 Å². The number of carbonyl (C=O) groups excluding carboxylic acids is 1. The molecule has 0 bridgehead atoms. The maximum Gasteiger partial charge on any atom is 0.331 e. The normalized spacial score (nSPS) is 11.8. The number of hydrogen-bond acceptors (Lipinski definition) is 2. The predicted molar refractivity (Wildman–Crippen MR) is 59.5 cm³/mol. The fourth-order valence-corrected chi connectivity index (χ4v) is 1.49. The van der Waals surface area contributed by atoms with E-state index in [2.05, 4.69) is 29.2 Å². The lowest BCUT2D eigenvalue weighted by atomic mass is 10.2. The molecule has 0 saturated carbocycles. The van der Waals surface area contributed by atoms with Crippen LogP contribution in [-0.4, -0.2) is 5.97 Å². The molecule has 0 spiro atoms. The summed E-state index contributed by atoms with van der Waals surface area (Å²) in [6.45, 7) is 3.33. The highest BCUT2D eigenvalue weighted by molar-refractivity contribution is 14.1. The van der Waals surface area contributed by atoms with Gasteiger partial charge in [-0.25, -0.2) is 4.79 Å². The van der Waals surface area contributed by atoms with Crippen molar-refractivity contribution in [1.29, 1.82) is 0 Å². The average molecular weight is 288 g/mol. The summed E-state index contributed by atoms with van der Waals surface area (Å²) in [5.41, 5.74) is 0.971. The Kier molecular flexibility index (Phi) is 3.95. The molecule has 0 saturated heterocycles. The van der Waals surface area contributed by atoms with E-state index in [1.165, 1.54) is 0 Å². The quantitative estimate of drug-likeness (QED) is 0.370. The van der Waals surface area contributed by atoms with E-state index in [9.17, 15) is 4.79 Å². The molecule has 0 fully saturated rings. The van der Waals surface area contributed by atoms with Crippen molar-refractivity contribution in [3.8, 4) is 0 Å². The van der Waals surface area contributed by atoms with Crippen LogP contribution in [0.25, 0.3) is 0 Å². The molecule has 3 heteroatoms. The van der Waals surface area contributed by atoms with Crippen LogP contribution in [0.15, 0.2) is 43.0 Å². The van der Waals surface area contributed by atoms with Gasteiger partial charge in [0.05, 0.1) is 0 Å². The molecule has 0 aliphatic rings. The van der Waals surface area contributed by atoms with Gasteiger partial charge in [-0.05, 0) is 22.6 Å². The van der Waals surface area contributed by atoms with Crippen LogP contribution in [0.1, 0.15) is 9.67 Å². The van der Waals surface area contributed by atoms with Crippen molar-refractivity contribution < 1.29 is 9.53 Å². The molecule has 0 radical (unpaired) electrons. The molecule has 13 heavy (non-hydrogen) atoms. The summed E-state index contributed by atoms with van der Waals surface area (Å²) in [7, 11) is 0. The second kappa shape index (κ2) is 5.01. The third-order valence-electron chi connectivity index (χ3n) is 1.45. The van der Waals surface area contributed by atoms with E-state index in [1.54, 1.807) is 0 Å². The molecule has 0 N–H and O–H groups in total. The molecule has 1 atom stereocenters. The van der Waals surface area contributed by atoms with E-state index in [0.29, 0.717) is 0 Å². The Balaban J connectivity index is 2.63. The molecule has 0 aliphatic carbocycles. The molecule has 1 aromatic carbocycles. The lowest BCUT2D eigenvalue weighted by molar-refractivity contribution is -0.138. The first-order valence-electron chi connectivity index (χ1n) is 3.76. The van der Waals surface area contributed by atoms with Gasteiger partial charge in [0.1, 0.15) is 0 Å². The standard InChI is InChI=1S/C10H9IO2/c1-2-9(12)13-10(11)8-6-4-3-5-7-8/h2-7,10H,1H2. The maximum atomic E-state index is 10.9. The van der Waals surface area contributed by atoms with Gasteiger partial charge in [-0.15, -0.1) is 0 Å². The van der Waals surface area contributed by atoms with Crippen molar-refractivity contribution in [3.63, 3.8) is 0 Å². The topological polar surface area (TPSA) is 26.3 Å². The smallest absolute Gasteiger partial charge is 0.331 e. The SMILES string of the molecule is C=CC(=O)OC(I)c1ccccc1. The van der Waals surface area contributed by atoms with Gasteiger partial charge in [-0.1, -0.05) is 36.9 Å². The fourth-order valence-electron chi connectivity index (χ4n) is 0.822. The minimum Gasteiger partial charge on any atom is -0.444 e. The molecule has 2 nitrogen and oxygen atoms in total. The van der Waals surface area contributed by atoms with Crippen LogP contribution in [0.5, 0.6) is 0 Å². The summed E-state index contributed by atoms with van der Waals surface area (Å²) >= 11 is 2.06. The zero-order valence-electron chi connectivity index (χ0n) is 6.94. The highest BCUT2D eigenvalue weighted by Gasteiger charge is 2.09. The molecule has 0 aliphatic heterocycles. The summed E-state index contributed by atoms with van der Waals surface area (Å²) < 4.78 is 4.77. The monoisotopic (exact) mass is 288 g/mol. The highest BCUT2D eigenvalue weighted by Crippen LogP contribution is 2.24. The molecule has 1 rings (SSSR count). The number of hydrogen-bond donors (Lipinski definition) is 0. The van der Waals surface area contributed by atoms with E-state index in [4.69, 9.17) is 4.74 Å². The number of alkyl halides is 1. The number of rotatable bonds is 3. The van der Waals surface area contributed by atoms with Crippen molar-refractivity contribution in [1.82, 2.24) is 0 Å². The number of benzene rings is 1. The van der Waals surface area contributed by atoms with Crippen LogP contribution in [-0.2, 0) is 9.53 Å². The lowest BCUT2D eigenvalue weighted by Crippen LogP contribution is -2.02. The molecular weight excluding hydrogens is 279 g/mol. The molecule has 0 aromatic heterocycles. The number of ether oxygens (including phenoxy) is 1. The highest BCUT2D eigenvalue weighted by atomic mass is 127. The Hall–Kier alpha value is -0.840. The van der Waals surface area contributed by atoms with Gasteiger partial charge < -0.3 is 4.74 Å². The van der Waals surface area contributed by atoms with Crippen LogP contribution >= 0.6 is 22.6 Å². The summed E-state index contributed by atoms with van der Waals surface area (Å²) in [6, 6.07) is 9.55. The summed E-state index contributed by atoms with van der Waals surface area (Å²) in [5, 5.41) is 0. The predicted octanol–water partition coefficient (Wildman–Crippen LogP) is 2.85. The van der Waals surface area contributed by atoms with Crippen molar-refractivity contribution >= 4 is 28.6 Å². The van der Waals surface area contributed by atoms with E-state index in [-0.39, 0.29) is 4.11 Å². The Morgan fingerprint density at radius 3 is 2.62 bits per heavy atom. The third kappa shape index (κ3) is 3.18. The van der Waals surface area contributed by atoms with Crippen LogP contribution in [0.3, 0.4) is 0 Å². The Morgan fingerprint density at radius 1 is 1.46 bits per heavy atom.